The van der Waals surface area contributed by atoms with Gasteiger partial charge in [-0.1, -0.05) is 0 Å². The monoisotopic (exact) mass is 263 g/mol. The molecule has 0 bridgehead atoms. The highest BCUT2D eigenvalue weighted by Crippen LogP contribution is 2.05. The van der Waals surface area contributed by atoms with Crippen molar-refractivity contribution in [2.24, 2.45) is 0 Å². The lowest BCUT2D eigenvalue weighted by Gasteiger charge is -2.01. The molecule has 0 amide bonds. The molecule has 9 nitrogen and oxygen atoms in total. The maximum absolute atomic E-state index is 11.2. The molecule has 0 aliphatic heterocycles. The van der Waals surface area contributed by atoms with E-state index in [9.17, 15) is 9.59 Å². The van der Waals surface area contributed by atoms with Crippen molar-refractivity contribution in [2.75, 3.05) is 7.11 Å². The Hall–Kier alpha value is -2.84. The third-order valence-electron chi connectivity index (χ3n) is 2.13. The molecule has 9 heteroatoms. The number of carboxylic acid groups (broad SMARTS) is 1. The second kappa shape index (κ2) is 4.80. The number of hydrogen-bond donors (Lipinski definition) is 1. The van der Waals surface area contributed by atoms with Gasteiger partial charge in [0, 0.05) is 5.69 Å². The standard InChI is InChI=1S/C10H9N5O4/c1-5-3-6(8(16)17)13-10(12-5)15-4-11-7(14-15)9(18)19-2/h3-4H,1-2H3,(H,16,17). The van der Waals surface area contributed by atoms with E-state index >= 15 is 0 Å². The molecule has 0 saturated heterocycles. The number of hydrogen-bond acceptors (Lipinski definition) is 7. The second-order valence-corrected chi connectivity index (χ2v) is 3.50. The van der Waals surface area contributed by atoms with Crippen LogP contribution in [-0.2, 0) is 4.74 Å². The number of carbonyl (C=O) groups excluding carboxylic acids is 1. The highest BCUT2D eigenvalue weighted by molar-refractivity contribution is 5.85. The number of nitrogens with zero attached hydrogens (tertiary/aromatic N) is 5. The first-order chi connectivity index (χ1) is 9.01. The Labute approximate surface area is 106 Å². The number of aryl methyl sites for hydroxylation is 1. The van der Waals surface area contributed by atoms with Crippen LogP contribution in [0.4, 0.5) is 0 Å². The molecule has 0 fully saturated rings. The van der Waals surface area contributed by atoms with Crippen LogP contribution in [0.5, 0.6) is 0 Å². The van der Waals surface area contributed by atoms with Gasteiger partial charge in [-0.25, -0.2) is 24.5 Å². The Kier molecular flexibility index (Phi) is 3.19. The third kappa shape index (κ3) is 2.54. The van der Waals surface area contributed by atoms with E-state index in [1.54, 1.807) is 6.92 Å². The summed E-state index contributed by atoms with van der Waals surface area (Å²) < 4.78 is 5.56. The number of aromatic carboxylic acids is 1. The van der Waals surface area contributed by atoms with Crippen LogP contribution in [0.25, 0.3) is 5.95 Å². The van der Waals surface area contributed by atoms with Crippen LogP contribution in [-0.4, -0.2) is 48.9 Å². The zero-order valence-corrected chi connectivity index (χ0v) is 10.1. The van der Waals surface area contributed by atoms with E-state index in [0.717, 1.165) is 4.68 Å². The Bertz CT molecular complexity index is 651. The SMILES string of the molecule is COC(=O)c1ncn(-c2nc(C)cc(C(=O)O)n2)n1. The molecule has 0 radical (unpaired) electrons. The van der Waals surface area contributed by atoms with Crippen LogP contribution in [0, 0.1) is 6.92 Å². The van der Waals surface area contributed by atoms with Crippen molar-refractivity contribution in [3.05, 3.63) is 29.6 Å². The molecule has 0 atom stereocenters. The van der Waals surface area contributed by atoms with E-state index in [2.05, 4.69) is 24.8 Å². The number of carbonyl (C=O) groups is 2. The summed E-state index contributed by atoms with van der Waals surface area (Å²) in [7, 11) is 1.20. The summed E-state index contributed by atoms with van der Waals surface area (Å²) in [5.41, 5.74) is 0.287. The largest absolute Gasteiger partial charge is 0.477 e. The van der Waals surface area contributed by atoms with Crippen LogP contribution < -0.4 is 0 Å². The highest BCUT2D eigenvalue weighted by Gasteiger charge is 2.15. The van der Waals surface area contributed by atoms with Gasteiger partial charge in [-0.05, 0) is 13.0 Å². The molecule has 2 heterocycles. The third-order valence-corrected chi connectivity index (χ3v) is 2.13. The summed E-state index contributed by atoms with van der Waals surface area (Å²) in [6.07, 6.45) is 1.20. The van der Waals surface area contributed by atoms with Crippen molar-refractivity contribution in [2.45, 2.75) is 6.92 Å². The molecule has 19 heavy (non-hydrogen) atoms. The molecule has 2 aromatic rings. The van der Waals surface area contributed by atoms with Crippen LogP contribution in [0.15, 0.2) is 12.4 Å². The molecule has 0 aliphatic rings. The zero-order valence-electron chi connectivity index (χ0n) is 10.1. The number of esters is 1. The lowest BCUT2D eigenvalue weighted by atomic mass is 10.3. The van der Waals surface area contributed by atoms with Crippen LogP contribution in [0.3, 0.4) is 0 Å². The molecule has 1 N–H and O–H groups in total. The molecule has 0 aromatic carbocycles. The highest BCUT2D eigenvalue weighted by atomic mass is 16.5. The predicted octanol–water partition coefficient (Wildman–Crippen LogP) is -0.149. The van der Waals surface area contributed by atoms with Gasteiger partial charge in [-0.2, -0.15) is 4.68 Å². The summed E-state index contributed by atoms with van der Waals surface area (Å²) in [4.78, 5) is 33.6. The van der Waals surface area contributed by atoms with Gasteiger partial charge < -0.3 is 9.84 Å². The van der Waals surface area contributed by atoms with Crippen molar-refractivity contribution in [3.8, 4) is 5.95 Å². The fraction of sp³-hybridized carbons (Fsp3) is 0.200. The van der Waals surface area contributed by atoms with Gasteiger partial charge in [0.25, 0.3) is 11.8 Å². The quantitative estimate of drug-likeness (QED) is 0.759. The summed E-state index contributed by atoms with van der Waals surface area (Å²) in [6.45, 7) is 1.62. The van der Waals surface area contributed by atoms with Crippen molar-refractivity contribution < 1.29 is 19.4 Å². The smallest absolute Gasteiger partial charge is 0.377 e. The summed E-state index contributed by atoms with van der Waals surface area (Å²) in [5.74, 6) is -2.03. The normalized spacial score (nSPS) is 10.2. The molecule has 0 spiro atoms. The number of aromatic nitrogens is 5. The van der Waals surface area contributed by atoms with Crippen molar-refractivity contribution in [3.63, 3.8) is 0 Å². The molecule has 2 rings (SSSR count). The van der Waals surface area contributed by atoms with Gasteiger partial charge in [0.15, 0.2) is 5.69 Å². The van der Waals surface area contributed by atoms with E-state index in [4.69, 9.17) is 5.11 Å². The zero-order chi connectivity index (χ0) is 14.0. The predicted molar refractivity (Wildman–Crippen MR) is 60.0 cm³/mol. The average Bonchev–Trinajstić information content (AvgIpc) is 2.86. The fourth-order valence-electron chi connectivity index (χ4n) is 1.31. The minimum Gasteiger partial charge on any atom is -0.477 e. The Morgan fingerprint density at radius 2 is 2.11 bits per heavy atom. The number of ether oxygens (including phenoxy) is 1. The van der Waals surface area contributed by atoms with Gasteiger partial charge in [0.05, 0.1) is 7.11 Å². The first kappa shape index (κ1) is 12.6. The lowest BCUT2D eigenvalue weighted by molar-refractivity contribution is 0.0586. The molecule has 2 aromatic heterocycles. The maximum Gasteiger partial charge on any atom is 0.377 e. The minimum atomic E-state index is -1.18. The first-order valence-corrected chi connectivity index (χ1v) is 5.10. The van der Waals surface area contributed by atoms with Gasteiger partial charge in [0.2, 0.25) is 0 Å². The summed E-state index contributed by atoms with van der Waals surface area (Å²) in [6, 6.07) is 1.32. The summed E-state index contributed by atoms with van der Waals surface area (Å²) >= 11 is 0. The van der Waals surface area contributed by atoms with E-state index in [1.807, 2.05) is 0 Å². The average molecular weight is 263 g/mol. The van der Waals surface area contributed by atoms with Gasteiger partial charge in [0.1, 0.15) is 6.33 Å². The number of carboxylic acids is 1. The van der Waals surface area contributed by atoms with Gasteiger partial charge in [-0.3, -0.25) is 0 Å². The number of methoxy groups -OCH3 is 1. The van der Waals surface area contributed by atoms with Crippen LogP contribution in [0.2, 0.25) is 0 Å². The van der Waals surface area contributed by atoms with Crippen LogP contribution in [0.1, 0.15) is 26.8 Å². The molecule has 0 aliphatic carbocycles. The summed E-state index contributed by atoms with van der Waals surface area (Å²) in [5, 5.41) is 12.7. The lowest BCUT2D eigenvalue weighted by Crippen LogP contribution is -2.10. The van der Waals surface area contributed by atoms with Gasteiger partial charge >= 0.3 is 11.9 Å². The van der Waals surface area contributed by atoms with Crippen molar-refractivity contribution >= 4 is 11.9 Å². The molecule has 0 unspecified atom stereocenters. The minimum absolute atomic E-state index is 0.0139. The van der Waals surface area contributed by atoms with E-state index in [1.165, 1.54) is 19.5 Å². The molecular weight excluding hydrogens is 254 g/mol. The molecule has 0 saturated carbocycles. The van der Waals surface area contributed by atoms with Crippen molar-refractivity contribution in [1.29, 1.82) is 0 Å². The van der Waals surface area contributed by atoms with E-state index in [-0.39, 0.29) is 17.5 Å². The topological polar surface area (TPSA) is 120 Å². The Morgan fingerprint density at radius 1 is 1.37 bits per heavy atom. The van der Waals surface area contributed by atoms with Crippen LogP contribution >= 0.6 is 0 Å². The maximum atomic E-state index is 11.2. The molecule has 98 valence electrons. The Balaban J connectivity index is 2.44. The number of rotatable bonds is 3. The van der Waals surface area contributed by atoms with Crippen molar-refractivity contribution in [1.82, 2.24) is 24.7 Å². The van der Waals surface area contributed by atoms with Gasteiger partial charge in [-0.15, -0.1) is 5.10 Å². The second-order valence-electron chi connectivity index (χ2n) is 3.50. The first-order valence-electron chi connectivity index (χ1n) is 5.10. The fourth-order valence-corrected chi connectivity index (χ4v) is 1.31. The Morgan fingerprint density at radius 3 is 2.74 bits per heavy atom. The van der Waals surface area contributed by atoms with E-state index < -0.39 is 11.9 Å². The molecular formula is C10H9N5O4. The van der Waals surface area contributed by atoms with E-state index in [0.29, 0.717) is 5.69 Å².